The van der Waals surface area contributed by atoms with Crippen LogP contribution in [0.3, 0.4) is 0 Å². The zero-order valence-corrected chi connectivity index (χ0v) is 10.4. The Morgan fingerprint density at radius 2 is 1.93 bits per heavy atom. The van der Waals surface area contributed by atoms with Crippen LogP contribution in [0, 0.1) is 0 Å². The topological polar surface area (TPSA) is 12.9 Å². The number of pyridine rings is 1. The lowest BCUT2D eigenvalue weighted by molar-refractivity contribution is 1.30. The molecule has 0 aliphatic heterocycles. The molecule has 0 spiro atoms. The van der Waals surface area contributed by atoms with Gasteiger partial charge in [0.25, 0.3) is 0 Å². The number of aromatic nitrogens is 1. The van der Waals surface area contributed by atoms with Crippen LogP contribution in [0.4, 0.5) is 0 Å². The second-order valence-corrected chi connectivity index (χ2v) is 2.93. The Bertz CT molecular complexity index is 335. The molecular formula is C14H21N. The summed E-state index contributed by atoms with van der Waals surface area (Å²) in [4.78, 5) is 4.10. The second-order valence-electron chi connectivity index (χ2n) is 2.93. The second kappa shape index (κ2) is 7.98. The van der Waals surface area contributed by atoms with Crippen molar-refractivity contribution in [1.29, 1.82) is 0 Å². The quantitative estimate of drug-likeness (QED) is 0.686. The molecule has 1 aromatic heterocycles. The van der Waals surface area contributed by atoms with E-state index >= 15 is 0 Å². The third-order valence-electron chi connectivity index (χ3n) is 2.06. The molecule has 1 rings (SSSR count). The molecule has 0 unspecified atom stereocenters. The molecule has 0 aromatic carbocycles. The number of allylic oxidation sites excluding steroid dienone is 3. The number of rotatable bonds is 2. The fourth-order valence-electron chi connectivity index (χ4n) is 1.23. The Balaban J connectivity index is 0.000000921. The van der Waals surface area contributed by atoms with Crippen LogP contribution in [-0.4, -0.2) is 4.98 Å². The standard InChI is InChI=1S/C12H15N.C2H6/c1-4-6-11-9-13-8-7-12(11)10(3)5-2;1-2/h4-9H,1-3H3;1-2H3/b6-4-,10-5-;. The zero-order valence-electron chi connectivity index (χ0n) is 10.4. The average molecular weight is 203 g/mol. The third kappa shape index (κ3) is 4.11. The van der Waals surface area contributed by atoms with Gasteiger partial charge in [-0.1, -0.05) is 32.1 Å². The molecule has 1 aromatic rings. The van der Waals surface area contributed by atoms with Gasteiger partial charge in [0.15, 0.2) is 0 Å². The Morgan fingerprint density at radius 3 is 2.47 bits per heavy atom. The summed E-state index contributed by atoms with van der Waals surface area (Å²) in [5.74, 6) is 0. The SMILES string of the molecule is C/C=C\c1cnccc1/C(C)=C\C.CC. The van der Waals surface area contributed by atoms with Crippen LogP contribution < -0.4 is 0 Å². The van der Waals surface area contributed by atoms with E-state index in [1.807, 2.05) is 45.3 Å². The minimum atomic E-state index is 1.18. The summed E-state index contributed by atoms with van der Waals surface area (Å²) in [6, 6.07) is 2.05. The van der Waals surface area contributed by atoms with E-state index in [0.717, 1.165) is 0 Å². The van der Waals surface area contributed by atoms with Crippen LogP contribution in [0.1, 0.15) is 45.7 Å². The van der Waals surface area contributed by atoms with Gasteiger partial charge in [-0.3, -0.25) is 4.98 Å². The van der Waals surface area contributed by atoms with Gasteiger partial charge in [-0.15, -0.1) is 0 Å². The molecular weight excluding hydrogens is 182 g/mol. The molecule has 0 aliphatic carbocycles. The van der Waals surface area contributed by atoms with Gasteiger partial charge in [-0.25, -0.2) is 0 Å². The highest BCUT2D eigenvalue weighted by Gasteiger charge is 1.99. The van der Waals surface area contributed by atoms with E-state index < -0.39 is 0 Å². The first-order valence-corrected chi connectivity index (χ1v) is 5.49. The summed E-state index contributed by atoms with van der Waals surface area (Å²) >= 11 is 0. The lowest BCUT2D eigenvalue weighted by Crippen LogP contribution is -1.86. The van der Waals surface area contributed by atoms with Crippen LogP contribution in [-0.2, 0) is 0 Å². The van der Waals surface area contributed by atoms with Crippen LogP contribution in [0.5, 0.6) is 0 Å². The molecule has 15 heavy (non-hydrogen) atoms. The smallest absolute Gasteiger partial charge is 0.0346 e. The highest BCUT2D eigenvalue weighted by atomic mass is 14.6. The van der Waals surface area contributed by atoms with E-state index in [1.165, 1.54) is 16.7 Å². The van der Waals surface area contributed by atoms with Gasteiger partial charge in [0.1, 0.15) is 0 Å². The Hall–Kier alpha value is -1.37. The summed E-state index contributed by atoms with van der Waals surface area (Å²) in [6.45, 7) is 10.2. The summed E-state index contributed by atoms with van der Waals surface area (Å²) < 4.78 is 0. The minimum Gasteiger partial charge on any atom is -0.264 e. The molecule has 0 radical (unpaired) electrons. The van der Waals surface area contributed by atoms with Crippen LogP contribution >= 0.6 is 0 Å². The molecule has 1 heterocycles. The Labute approximate surface area is 93.6 Å². The van der Waals surface area contributed by atoms with Crippen molar-refractivity contribution in [2.75, 3.05) is 0 Å². The first kappa shape index (κ1) is 13.6. The van der Waals surface area contributed by atoms with Gasteiger partial charge in [0.2, 0.25) is 0 Å². The maximum absolute atomic E-state index is 4.10. The van der Waals surface area contributed by atoms with Gasteiger partial charge in [0.05, 0.1) is 0 Å². The van der Waals surface area contributed by atoms with Gasteiger partial charge in [-0.2, -0.15) is 0 Å². The minimum absolute atomic E-state index is 1.18. The summed E-state index contributed by atoms with van der Waals surface area (Å²) in [5.41, 5.74) is 3.73. The van der Waals surface area contributed by atoms with Crippen molar-refractivity contribution in [1.82, 2.24) is 4.98 Å². The number of nitrogens with zero attached hydrogens (tertiary/aromatic N) is 1. The first-order chi connectivity index (χ1) is 7.29. The molecule has 0 saturated carbocycles. The predicted molar refractivity (Wildman–Crippen MR) is 69.6 cm³/mol. The molecule has 0 amide bonds. The molecule has 0 fully saturated rings. The van der Waals surface area contributed by atoms with Gasteiger partial charge in [0, 0.05) is 12.4 Å². The molecule has 0 saturated heterocycles. The van der Waals surface area contributed by atoms with Crippen molar-refractivity contribution in [3.63, 3.8) is 0 Å². The molecule has 0 bridgehead atoms. The Morgan fingerprint density at radius 1 is 1.27 bits per heavy atom. The highest BCUT2D eigenvalue weighted by Crippen LogP contribution is 2.18. The Kier molecular flexibility index (Phi) is 7.25. The summed E-state index contributed by atoms with van der Waals surface area (Å²) in [5, 5.41) is 0. The predicted octanol–water partition coefficient (Wildman–Crippen LogP) is 4.56. The highest BCUT2D eigenvalue weighted by molar-refractivity contribution is 5.72. The fourth-order valence-corrected chi connectivity index (χ4v) is 1.23. The van der Waals surface area contributed by atoms with Crippen molar-refractivity contribution in [2.24, 2.45) is 0 Å². The molecule has 0 atom stereocenters. The lowest BCUT2D eigenvalue weighted by Gasteiger charge is -2.04. The van der Waals surface area contributed by atoms with E-state index in [1.54, 1.807) is 0 Å². The van der Waals surface area contributed by atoms with E-state index in [4.69, 9.17) is 0 Å². The van der Waals surface area contributed by atoms with Crippen molar-refractivity contribution in [3.05, 3.63) is 41.7 Å². The van der Waals surface area contributed by atoms with Crippen molar-refractivity contribution >= 4 is 11.6 Å². The van der Waals surface area contributed by atoms with Gasteiger partial charge < -0.3 is 0 Å². The van der Waals surface area contributed by atoms with Crippen molar-refractivity contribution in [2.45, 2.75) is 34.6 Å². The maximum atomic E-state index is 4.10. The summed E-state index contributed by atoms with van der Waals surface area (Å²) in [7, 11) is 0. The fraction of sp³-hybridized carbons (Fsp3) is 0.357. The monoisotopic (exact) mass is 203 g/mol. The lowest BCUT2D eigenvalue weighted by atomic mass is 10.0. The van der Waals surface area contributed by atoms with Gasteiger partial charge >= 0.3 is 0 Å². The summed E-state index contributed by atoms with van der Waals surface area (Å²) in [6.07, 6.45) is 9.94. The van der Waals surface area contributed by atoms with Crippen LogP contribution in [0.25, 0.3) is 11.6 Å². The van der Waals surface area contributed by atoms with E-state index in [-0.39, 0.29) is 0 Å². The molecule has 0 aliphatic rings. The van der Waals surface area contributed by atoms with Crippen LogP contribution in [0.2, 0.25) is 0 Å². The molecule has 1 nitrogen and oxygen atoms in total. The first-order valence-electron chi connectivity index (χ1n) is 5.49. The van der Waals surface area contributed by atoms with Crippen LogP contribution in [0.15, 0.2) is 30.6 Å². The molecule has 1 heteroatoms. The normalized spacial score (nSPS) is 11.1. The third-order valence-corrected chi connectivity index (χ3v) is 2.06. The van der Waals surface area contributed by atoms with Crippen molar-refractivity contribution in [3.8, 4) is 0 Å². The molecule has 0 N–H and O–H groups in total. The number of hydrogen-bond acceptors (Lipinski definition) is 1. The molecule has 82 valence electrons. The van der Waals surface area contributed by atoms with E-state index in [2.05, 4.69) is 31.0 Å². The maximum Gasteiger partial charge on any atom is 0.0346 e. The number of hydrogen-bond donors (Lipinski definition) is 0. The average Bonchev–Trinajstić information content (AvgIpc) is 2.32. The van der Waals surface area contributed by atoms with Gasteiger partial charge in [-0.05, 0) is 43.5 Å². The van der Waals surface area contributed by atoms with E-state index in [0.29, 0.717) is 0 Å². The van der Waals surface area contributed by atoms with Crippen molar-refractivity contribution < 1.29 is 0 Å². The zero-order chi connectivity index (χ0) is 11.7. The largest absolute Gasteiger partial charge is 0.264 e. The van der Waals surface area contributed by atoms with E-state index in [9.17, 15) is 0 Å².